The van der Waals surface area contributed by atoms with E-state index in [1.165, 1.54) is 0 Å². The van der Waals surface area contributed by atoms with Crippen LogP contribution in [-0.4, -0.2) is 24.9 Å². The molecule has 4 heteroatoms. The highest BCUT2D eigenvalue weighted by Crippen LogP contribution is 2.11. The second-order valence-corrected chi connectivity index (χ2v) is 4.34. The van der Waals surface area contributed by atoms with Gasteiger partial charge < -0.3 is 10.1 Å². The highest BCUT2D eigenvalue weighted by atomic mass is 35.5. The van der Waals surface area contributed by atoms with Crippen LogP contribution in [-0.2, 0) is 0 Å². The second kappa shape index (κ2) is 8.81. The van der Waals surface area contributed by atoms with Gasteiger partial charge in [0.2, 0.25) is 0 Å². The zero-order valence-electron chi connectivity index (χ0n) is 10.7. The fourth-order valence-electron chi connectivity index (χ4n) is 1.57. The number of benzene rings is 1. The van der Waals surface area contributed by atoms with Crippen molar-refractivity contribution >= 4 is 17.5 Å². The van der Waals surface area contributed by atoms with Crippen molar-refractivity contribution in [1.82, 2.24) is 5.32 Å². The van der Waals surface area contributed by atoms with Crippen molar-refractivity contribution in [3.63, 3.8) is 0 Å². The minimum absolute atomic E-state index is 0.0380. The minimum Gasteiger partial charge on any atom is -0.494 e. The highest BCUT2D eigenvalue weighted by Gasteiger charge is 2.04. The van der Waals surface area contributed by atoms with E-state index in [4.69, 9.17) is 16.3 Å². The predicted octanol–water partition coefficient (Wildman–Crippen LogP) is 3.22. The second-order valence-electron chi connectivity index (χ2n) is 3.96. The minimum atomic E-state index is -0.0380. The number of amides is 1. The van der Waals surface area contributed by atoms with Crippen LogP contribution in [0, 0.1) is 0 Å². The van der Waals surface area contributed by atoms with Gasteiger partial charge in [-0.05, 0) is 44.0 Å². The van der Waals surface area contributed by atoms with E-state index in [1.54, 1.807) is 12.1 Å². The van der Waals surface area contributed by atoms with E-state index < -0.39 is 0 Å². The average molecular weight is 270 g/mol. The molecule has 0 saturated carbocycles. The van der Waals surface area contributed by atoms with Gasteiger partial charge >= 0.3 is 0 Å². The number of unbranched alkanes of at least 4 members (excludes halogenated alkanes) is 2. The summed E-state index contributed by atoms with van der Waals surface area (Å²) in [5.74, 6) is 1.44. The molecule has 3 nitrogen and oxygen atoms in total. The molecule has 0 spiro atoms. The van der Waals surface area contributed by atoms with Crippen LogP contribution >= 0.6 is 11.6 Å². The molecule has 1 amide bonds. The molecule has 1 N–H and O–H groups in total. The molecule has 0 fully saturated rings. The summed E-state index contributed by atoms with van der Waals surface area (Å²) in [5, 5.41) is 2.89. The lowest BCUT2D eigenvalue weighted by Crippen LogP contribution is -2.24. The molecule has 0 unspecified atom stereocenters. The van der Waals surface area contributed by atoms with Crippen LogP contribution < -0.4 is 10.1 Å². The van der Waals surface area contributed by atoms with Crippen molar-refractivity contribution in [2.45, 2.75) is 26.2 Å². The lowest BCUT2D eigenvalue weighted by Gasteiger charge is -2.06. The van der Waals surface area contributed by atoms with Gasteiger partial charge in [0.15, 0.2) is 0 Å². The molecule has 100 valence electrons. The molecule has 0 aliphatic rings. The fourth-order valence-corrected chi connectivity index (χ4v) is 1.76. The number of carbonyl (C=O) groups is 1. The Morgan fingerprint density at radius 2 is 1.94 bits per heavy atom. The molecular weight excluding hydrogens is 250 g/mol. The third-order valence-corrected chi connectivity index (χ3v) is 2.79. The van der Waals surface area contributed by atoms with Crippen molar-refractivity contribution < 1.29 is 9.53 Å². The van der Waals surface area contributed by atoms with Crippen LogP contribution in [0.25, 0.3) is 0 Å². The summed E-state index contributed by atoms with van der Waals surface area (Å²) < 4.78 is 5.32. The summed E-state index contributed by atoms with van der Waals surface area (Å²) in [6.45, 7) is 3.26. The van der Waals surface area contributed by atoms with E-state index in [0.29, 0.717) is 24.6 Å². The van der Waals surface area contributed by atoms with Crippen LogP contribution in [0.1, 0.15) is 36.5 Å². The Bertz CT molecular complexity index is 351. The van der Waals surface area contributed by atoms with Crippen molar-refractivity contribution in [1.29, 1.82) is 0 Å². The topological polar surface area (TPSA) is 38.3 Å². The molecule has 0 atom stereocenters. The van der Waals surface area contributed by atoms with Crippen molar-refractivity contribution in [3.8, 4) is 5.75 Å². The maximum absolute atomic E-state index is 11.8. The number of hydrogen-bond donors (Lipinski definition) is 1. The molecule has 0 heterocycles. The summed E-state index contributed by atoms with van der Waals surface area (Å²) >= 11 is 5.58. The van der Waals surface area contributed by atoms with Gasteiger partial charge in [-0.25, -0.2) is 0 Å². The Morgan fingerprint density at radius 3 is 2.56 bits per heavy atom. The number of nitrogens with one attached hydrogen (secondary N) is 1. The normalized spacial score (nSPS) is 10.1. The lowest BCUT2D eigenvalue weighted by atomic mass is 10.2. The van der Waals surface area contributed by atoms with E-state index in [1.807, 2.05) is 19.1 Å². The molecule has 1 rings (SSSR count). The van der Waals surface area contributed by atoms with Gasteiger partial charge in [-0.2, -0.15) is 0 Å². The van der Waals surface area contributed by atoms with Crippen LogP contribution in [0.4, 0.5) is 0 Å². The lowest BCUT2D eigenvalue weighted by molar-refractivity contribution is 0.0953. The summed E-state index contributed by atoms with van der Waals surface area (Å²) in [6.07, 6.45) is 3.02. The van der Waals surface area contributed by atoms with E-state index in [-0.39, 0.29) is 5.91 Å². The molecule has 1 aromatic carbocycles. The Morgan fingerprint density at radius 1 is 1.22 bits per heavy atom. The maximum Gasteiger partial charge on any atom is 0.251 e. The Balaban J connectivity index is 2.32. The highest BCUT2D eigenvalue weighted by molar-refractivity contribution is 6.17. The van der Waals surface area contributed by atoms with Crippen molar-refractivity contribution in [3.05, 3.63) is 29.8 Å². The van der Waals surface area contributed by atoms with Crippen LogP contribution in [0.15, 0.2) is 24.3 Å². The first-order valence-corrected chi connectivity index (χ1v) is 6.88. The summed E-state index contributed by atoms with van der Waals surface area (Å²) in [6, 6.07) is 7.18. The number of rotatable bonds is 8. The van der Waals surface area contributed by atoms with E-state index in [2.05, 4.69) is 5.32 Å². The van der Waals surface area contributed by atoms with E-state index in [9.17, 15) is 4.79 Å². The summed E-state index contributed by atoms with van der Waals surface area (Å²) in [7, 11) is 0. The Labute approximate surface area is 113 Å². The van der Waals surface area contributed by atoms with Gasteiger partial charge in [-0.3, -0.25) is 4.79 Å². The molecule has 0 bridgehead atoms. The fraction of sp³-hybridized carbons (Fsp3) is 0.500. The Kier molecular flexibility index (Phi) is 7.26. The van der Waals surface area contributed by atoms with Gasteiger partial charge in [-0.15, -0.1) is 11.6 Å². The van der Waals surface area contributed by atoms with Gasteiger partial charge in [0.1, 0.15) is 5.75 Å². The zero-order chi connectivity index (χ0) is 13.2. The standard InChI is InChI=1S/C14H20ClNO2/c1-2-18-13-8-6-12(7-9-13)14(17)16-11-5-3-4-10-15/h6-9H,2-5,10-11H2,1H3,(H,16,17). The average Bonchev–Trinajstić information content (AvgIpc) is 2.39. The smallest absolute Gasteiger partial charge is 0.251 e. The van der Waals surface area contributed by atoms with Crippen LogP contribution in [0.2, 0.25) is 0 Å². The molecule has 18 heavy (non-hydrogen) atoms. The summed E-state index contributed by atoms with van der Waals surface area (Å²) in [5.41, 5.74) is 0.663. The molecule has 0 aromatic heterocycles. The number of hydrogen-bond acceptors (Lipinski definition) is 2. The molecule has 0 aliphatic heterocycles. The summed E-state index contributed by atoms with van der Waals surface area (Å²) in [4.78, 5) is 11.8. The van der Waals surface area contributed by atoms with Gasteiger partial charge in [0.25, 0.3) is 5.91 Å². The SMILES string of the molecule is CCOc1ccc(C(=O)NCCCCCCl)cc1. The van der Waals surface area contributed by atoms with Gasteiger partial charge in [0, 0.05) is 18.0 Å². The maximum atomic E-state index is 11.8. The molecule has 0 radical (unpaired) electrons. The molecular formula is C14H20ClNO2. The number of carbonyl (C=O) groups excluding carboxylic acids is 1. The quantitative estimate of drug-likeness (QED) is 0.581. The zero-order valence-corrected chi connectivity index (χ0v) is 11.5. The number of halogens is 1. The third-order valence-electron chi connectivity index (χ3n) is 2.52. The van der Waals surface area contributed by atoms with E-state index >= 15 is 0 Å². The first-order valence-electron chi connectivity index (χ1n) is 6.35. The van der Waals surface area contributed by atoms with Crippen LogP contribution in [0.5, 0.6) is 5.75 Å². The van der Waals surface area contributed by atoms with Gasteiger partial charge in [-0.1, -0.05) is 6.42 Å². The van der Waals surface area contributed by atoms with Crippen molar-refractivity contribution in [2.75, 3.05) is 19.0 Å². The largest absolute Gasteiger partial charge is 0.494 e. The van der Waals surface area contributed by atoms with Crippen molar-refractivity contribution in [2.24, 2.45) is 0 Å². The third kappa shape index (κ3) is 5.41. The van der Waals surface area contributed by atoms with E-state index in [0.717, 1.165) is 25.0 Å². The molecule has 0 aliphatic carbocycles. The molecule has 1 aromatic rings. The number of ether oxygens (including phenoxy) is 1. The first-order chi connectivity index (χ1) is 8.77. The monoisotopic (exact) mass is 269 g/mol. The Hall–Kier alpha value is -1.22. The molecule has 0 saturated heterocycles. The first kappa shape index (κ1) is 14.8. The van der Waals surface area contributed by atoms with Crippen LogP contribution in [0.3, 0.4) is 0 Å². The van der Waals surface area contributed by atoms with Gasteiger partial charge in [0.05, 0.1) is 6.61 Å². The predicted molar refractivity (Wildman–Crippen MR) is 74.5 cm³/mol. The number of alkyl halides is 1.